The lowest BCUT2D eigenvalue weighted by molar-refractivity contribution is -0.132. The molecule has 0 radical (unpaired) electrons. The Hall–Kier alpha value is -3.39. The number of aliphatic imine (C=N–C) groups is 1. The molecule has 41 heavy (non-hydrogen) atoms. The quantitative estimate of drug-likeness (QED) is 0.552. The molecule has 1 aliphatic carbocycles. The summed E-state index contributed by atoms with van der Waals surface area (Å²) in [4.78, 5) is 34.4. The second kappa shape index (κ2) is 10.5. The molecule has 7 rings (SSSR count). The van der Waals surface area contributed by atoms with Crippen LogP contribution < -0.4 is 15.8 Å². The van der Waals surface area contributed by atoms with Gasteiger partial charge in [-0.3, -0.25) is 14.5 Å². The maximum atomic E-state index is 13.9. The number of nitrogens with two attached hydrogens (primary N) is 1. The summed E-state index contributed by atoms with van der Waals surface area (Å²) >= 11 is 0. The fraction of sp³-hybridized carbons (Fsp3) is 0.545. The van der Waals surface area contributed by atoms with E-state index in [1.54, 1.807) is 12.0 Å². The Kier molecular flexibility index (Phi) is 7.09. The molecule has 8 heteroatoms. The number of ether oxygens (including phenoxy) is 2. The van der Waals surface area contributed by atoms with Gasteiger partial charge in [-0.05, 0) is 80.8 Å². The highest BCUT2D eigenvalue weighted by atomic mass is 16.5. The highest BCUT2D eigenvalue weighted by Gasteiger charge is 2.46. The van der Waals surface area contributed by atoms with Crippen molar-refractivity contribution in [1.82, 2.24) is 10.2 Å². The van der Waals surface area contributed by atoms with Crippen molar-refractivity contribution < 1.29 is 19.1 Å². The smallest absolute Gasteiger partial charge is 0.251 e. The van der Waals surface area contributed by atoms with Crippen LogP contribution in [0.5, 0.6) is 5.75 Å². The zero-order valence-corrected chi connectivity index (χ0v) is 24.7. The number of methoxy groups -OCH3 is 1. The third-order valence-electron chi connectivity index (χ3n) is 9.51. The van der Waals surface area contributed by atoms with Gasteiger partial charge in [0.1, 0.15) is 11.4 Å². The summed E-state index contributed by atoms with van der Waals surface area (Å²) in [5.74, 6) is 0.993. The molecule has 0 unspecified atom stereocenters. The van der Waals surface area contributed by atoms with Crippen molar-refractivity contribution in [1.29, 1.82) is 0 Å². The van der Waals surface area contributed by atoms with E-state index in [4.69, 9.17) is 20.2 Å². The molecule has 2 aromatic rings. The molecule has 2 aromatic carbocycles. The molecule has 6 bridgehead atoms. The summed E-state index contributed by atoms with van der Waals surface area (Å²) in [5.41, 5.74) is 10.6. The number of fused-ring (bicyclic) bond motifs is 5. The molecule has 0 fully saturated rings. The molecule has 0 saturated carbocycles. The van der Waals surface area contributed by atoms with Gasteiger partial charge in [0.05, 0.1) is 30.7 Å². The van der Waals surface area contributed by atoms with Crippen molar-refractivity contribution in [2.75, 3.05) is 13.7 Å². The minimum absolute atomic E-state index is 0.000980. The number of guanidine groups is 1. The van der Waals surface area contributed by atoms with E-state index >= 15 is 0 Å². The Labute approximate surface area is 242 Å². The minimum Gasteiger partial charge on any atom is -0.487 e. The van der Waals surface area contributed by atoms with Crippen LogP contribution in [0.4, 0.5) is 0 Å². The van der Waals surface area contributed by atoms with Crippen molar-refractivity contribution >= 4 is 17.8 Å². The predicted octanol–water partition coefficient (Wildman–Crippen LogP) is 5.00. The fourth-order valence-corrected chi connectivity index (χ4v) is 7.43. The van der Waals surface area contributed by atoms with Crippen LogP contribution in [0.1, 0.15) is 104 Å². The van der Waals surface area contributed by atoms with E-state index < -0.39 is 11.1 Å². The van der Waals surface area contributed by atoms with Gasteiger partial charge in [0, 0.05) is 30.6 Å². The monoisotopic (exact) mass is 558 g/mol. The molecule has 4 aliphatic heterocycles. The lowest BCUT2D eigenvalue weighted by Gasteiger charge is -2.41. The van der Waals surface area contributed by atoms with Crippen LogP contribution in [0.2, 0.25) is 0 Å². The highest BCUT2D eigenvalue weighted by Crippen LogP contribution is 2.45. The van der Waals surface area contributed by atoms with E-state index in [-0.39, 0.29) is 35.8 Å². The van der Waals surface area contributed by atoms with Gasteiger partial charge in [-0.25, -0.2) is 4.99 Å². The molecule has 0 aromatic heterocycles. The molecular weight excluding hydrogens is 516 g/mol. The number of nitrogens with one attached hydrogen (secondary N) is 1. The molecule has 8 nitrogen and oxygen atoms in total. The molecule has 3 N–H and O–H groups in total. The third kappa shape index (κ3) is 5.11. The zero-order valence-electron chi connectivity index (χ0n) is 24.7. The minimum atomic E-state index is -0.483. The highest BCUT2D eigenvalue weighted by molar-refractivity contribution is 6.00. The number of aryl methyl sites for hydroxylation is 1. The first-order chi connectivity index (χ1) is 19.6. The van der Waals surface area contributed by atoms with Gasteiger partial charge in [-0.15, -0.1) is 0 Å². The molecule has 0 saturated heterocycles. The first-order valence-corrected chi connectivity index (χ1v) is 15.0. The van der Waals surface area contributed by atoms with E-state index in [1.807, 2.05) is 24.3 Å². The third-order valence-corrected chi connectivity index (χ3v) is 9.51. The van der Waals surface area contributed by atoms with Crippen molar-refractivity contribution in [3.8, 4) is 5.75 Å². The topological polar surface area (TPSA) is 106 Å². The summed E-state index contributed by atoms with van der Waals surface area (Å²) < 4.78 is 11.9. The second-order valence-corrected chi connectivity index (χ2v) is 12.9. The number of amides is 2. The van der Waals surface area contributed by atoms with E-state index in [0.29, 0.717) is 25.0 Å². The maximum Gasteiger partial charge on any atom is 0.251 e. The predicted molar refractivity (Wildman–Crippen MR) is 158 cm³/mol. The van der Waals surface area contributed by atoms with Crippen LogP contribution in [0.25, 0.3) is 0 Å². The van der Waals surface area contributed by atoms with E-state index in [2.05, 4.69) is 38.2 Å². The number of hydrogen-bond donors (Lipinski definition) is 2. The van der Waals surface area contributed by atoms with Crippen LogP contribution in [-0.2, 0) is 22.4 Å². The average Bonchev–Trinajstić information content (AvgIpc) is 3.27. The Balaban J connectivity index is 1.45. The van der Waals surface area contributed by atoms with Crippen LogP contribution in [0, 0.1) is 5.92 Å². The summed E-state index contributed by atoms with van der Waals surface area (Å²) in [5, 5.41) is 3.32. The molecule has 4 atom stereocenters. The van der Waals surface area contributed by atoms with E-state index in [0.717, 1.165) is 61.0 Å². The van der Waals surface area contributed by atoms with Crippen molar-refractivity contribution in [3.63, 3.8) is 0 Å². The number of rotatable bonds is 3. The molecule has 0 spiro atoms. The Morgan fingerprint density at radius 2 is 1.98 bits per heavy atom. The van der Waals surface area contributed by atoms with Crippen LogP contribution >= 0.6 is 0 Å². The molecule has 2 amide bonds. The number of carbonyl (C=O) groups excluding carboxylic acids is 2. The van der Waals surface area contributed by atoms with Gasteiger partial charge in [0.25, 0.3) is 5.91 Å². The van der Waals surface area contributed by atoms with Gasteiger partial charge in [0.2, 0.25) is 5.91 Å². The average molecular weight is 559 g/mol. The van der Waals surface area contributed by atoms with E-state index in [9.17, 15) is 9.59 Å². The summed E-state index contributed by atoms with van der Waals surface area (Å²) in [6.07, 6.45) is 6.16. The van der Waals surface area contributed by atoms with Gasteiger partial charge < -0.3 is 20.5 Å². The maximum absolute atomic E-state index is 13.9. The normalized spacial score (nSPS) is 28.8. The van der Waals surface area contributed by atoms with Gasteiger partial charge >= 0.3 is 0 Å². The van der Waals surface area contributed by atoms with Crippen LogP contribution in [0.3, 0.4) is 0 Å². The first kappa shape index (κ1) is 27.8. The molecule has 5 aliphatic rings. The molecule has 218 valence electrons. The Morgan fingerprint density at radius 3 is 2.73 bits per heavy atom. The SMILES string of the molecule is CC[C@@]12CCCCc3ccc4c(c3)[C@H](CC(C)(C)O4)NC(=O)c3ccc4c(c3)[C@@H]([C@H](COC)C4)N(C(=O)C1)C(N)=N2. The fourth-order valence-electron chi connectivity index (χ4n) is 7.43. The van der Waals surface area contributed by atoms with Crippen LogP contribution in [-0.4, -0.2) is 47.5 Å². The summed E-state index contributed by atoms with van der Waals surface area (Å²) in [6.45, 7) is 6.70. The molecule has 4 heterocycles. The van der Waals surface area contributed by atoms with Crippen molar-refractivity contribution in [2.24, 2.45) is 16.6 Å². The molecular formula is C33H42N4O4. The van der Waals surface area contributed by atoms with Gasteiger partial charge in [-0.2, -0.15) is 0 Å². The first-order valence-electron chi connectivity index (χ1n) is 15.0. The summed E-state index contributed by atoms with van der Waals surface area (Å²) in [6, 6.07) is 11.7. The largest absolute Gasteiger partial charge is 0.487 e. The Bertz CT molecular complexity index is 1400. The number of nitrogens with zero attached hydrogens (tertiary/aromatic N) is 2. The van der Waals surface area contributed by atoms with Crippen molar-refractivity contribution in [2.45, 2.75) is 95.4 Å². The van der Waals surface area contributed by atoms with E-state index in [1.165, 1.54) is 5.56 Å². The second-order valence-electron chi connectivity index (χ2n) is 12.9. The lowest BCUT2D eigenvalue weighted by atomic mass is 9.83. The van der Waals surface area contributed by atoms with Gasteiger partial charge in [-0.1, -0.05) is 31.5 Å². The van der Waals surface area contributed by atoms with Gasteiger partial charge in [0.15, 0.2) is 5.96 Å². The van der Waals surface area contributed by atoms with Crippen molar-refractivity contribution in [3.05, 3.63) is 64.2 Å². The lowest BCUT2D eigenvalue weighted by Crippen LogP contribution is -2.53. The summed E-state index contributed by atoms with van der Waals surface area (Å²) in [7, 11) is 1.68. The number of hydrogen-bond acceptors (Lipinski definition) is 6. The zero-order chi connectivity index (χ0) is 28.9. The standard InChI is InChI=1S/C33H42N4O4/c1-5-33-13-7-6-8-20-9-12-27-25(14-20)26(17-32(2,3)41-27)35-30(39)22-11-10-21-15-23(19-40-4)29(24(21)16-22)37(28(38)18-33)31(34)36-33/h9-12,14,16,23,26,29H,5-8,13,15,17-19H2,1-4H3,(H2,34,36)(H,35,39)/t23-,26-,29+,33+/m0/s1. The van der Waals surface area contributed by atoms with Crippen LogP contribution in [0.15, 0.2) is 41.4 Å². The number of benzene rings is 2. The number of carbonyl (C=O) groups is 2. The Morgan fingerprint density at radius 1 is 1.15 bits per heavy atom.